The molecular weight excluding hydrogens is 206 g/mol. The van der Waals surface area contributed by atoms with Crippen molar-refractivity contribution >= 4 is 5.91 Å². The molecule has 86 valence electrons. The van der Waals surface area contributed by atoms with Crippen molar-refractivity contribution in [2.75, 3.05) is 19.6 Å². The van der Waals surface area contributed by atoms with Gasteiger partial charge < -0.3 is 14.7 Å². The minimum Gasteiger partial charge on any atom is -0.364 e. The van der Waals surface area contributed by atoms with Gasteiger partial charge in [0.2, 0.25) is 0 Å². The van der Waals surface area contributed by atoms with Gasteiger partial charge in [0.15, 0.2) is 5.69 Å². The van der Waals surface area contributed by atoms with Crippen molar-refractivity contribution in [2.45, 2.75) is 18.9 Å². The van der Waals surface area contributed by atoms with Gasteiger partial charge in [-0.15, -0.1) is 0 Å². The van der Waals surface area contributed by atoms with Crippen LogP contribution < -0.4 is 5.32 Å². The van der Waals surface area contributed by atoms with E-state index in [1.54, 1.807) is 6.07 Å². The summed E-state index contributed by atoms with van der Waals surface area (Å²) in [6.45, 7) is 2.89. The zero-order valence-electron chi connectivity index (χ0n) is 9.06. The van der Waals surface area contributed by atoms with Crippen LogP contribution in [0.15, 0.2) is 16.9 Å². The zero-order chi connectivity index (χ0) is 11.0. The quantitative estimate of drug-likeness (QED) is 0.750. The summed E-state index contributed by atoms with van der Waals surface area (Å²) in [5.41, 5.74) is 0.430. The van der Waals surface area contributed by atoms with Crippen LogP contribution in [0.1, 0.15) is 23.3 Å². The van der Waals surface area contributed by atoms with E-state index in [0.717, 1.165) is 32.5 Å². The average Bonchev–Trinajstić information content (AvgIpc) is 2.98. The lowest BCUT2D eigenvalue weighted by Gasteiger charge is -2.31. The molecule has 2 unspecified atom stereocenters. The molecule has 0 spiro atoms. The van der Waals surface area contributed by atoms with E-state index in [1.807, 2.05) is 4.90 Å². The lowest BCUT2D eigenvalue weighted by molar-refractivity contribution is 0.0687. The van der Waals surface area contributed by atoms with Gasteiger partial charge in [0.05, 0.1) is 0 Å². The Bertz CT molecular complexity index is 377. The SMILES string of the molecule is O=C(c1ccon1)N1CCC2CNCCC21. The third-order valence-electron chi connectivity index (χ3n) is 3.63. The molecule has 2 atom stereocenters. The number of carbonyl (C=O) groups is 1. The molecule has 1 aromatic heterocycles. The lowest BCUT2D eigenvalue weighted by atomic mass is 9.94. The highest BCUT2D eigenvalue weighted by Crippen LogP contribution is 2.29. The number of amides is 1. The second kappa shape index (κ2) is 3.90. The smallest absolute Gasteiger partial charge is 0.276 e. The predicted molar refractivity (Wildman–Crippen MR) is 56.9 cm³/mol. The molecule has 0 bridgehead atoms. The first-order chi connectivity index (χ1) is 7.86. The van der Waals surface area contributed by atoms with E-state index >= 15 is 0 Å². The fraction of sp³-hybridized carbons (Fsp3) is 0.636. The molecule has 1 amide bonds. The largest absolute Gasteiger partial charge is 0.364 e. The minimum atomic E-state index is 0.0168. The van der Waals surface area contributed by atoms with Gasteiger partial charge in [0, 0.05) is 18.7 Å². The summed E-state index contributed by atoms with van der Waals surface area (Å²) in [4.78, 5) is 14.1. The number of fused-ring (bicyclic) bond motifs is 1. The molecule has 2 aliphatic heterocycles. The van der Waals surface area contributed by atoms with E-state index in [2.05, 4.69) is 10.5 Å². The van der Waals surface area contributed by atoms with Gasteiger partial charge in [-0.1, -0.05) is 5.16 Å². The molecule has 1 aromatic rings. The van der Waals surface area contributed by atoms with Crippen LogP contribution >= 0.6 is 0 Å². The van der Waals surface area contributed by atoms with Gasteiger partial charge in [-0.3, -0.25) is 4.79 Å². The molecule has 0 aromatic carbocycles. The third kappa shape index (κ3) is 1.51. The zero-order valence-corrected chi connectivity index (χ0v) is 9.06. The summed E-state index contributed by atoms with van der Waals surface area (Å²) in [5.74, 6) is 0.632. The van der Waals surface area contributed by atoms with Crippen LogP contribution in [0.5, 0.6) is 0 Å². The number of likely N-dealkylation sites (tertiary alicyclic amines) is 1. The Morgan fingerprint density at radius 2 is 2.50 bits per heavy atom. The number of rotatable bonds is 1. The van der Waals surface area contributed by atoms with Gasteiger partial charge >= 0.3 is 0 Å². The first-order valence-corrected chi connectivity index (χ1v) is 5.78. The molecule has 5 heteroatoms. The van der Waals surface area contributed by atoms with E-state index in [0.29, 0.717) is 17.7 Å². The topological polar surface area (TPSA) is 58.4 Å². The molecular formula is C11H15N3O2. The highest BCUT2D eigenvalue weighted by atomic mass is 16.5. The number of aromatic nitrogens is 1. The number of piperidine rings is 1. The van der Waals surface area contributed by atoms with Gasteiger partial charge in [-0.05, 0) is 31.8 Å². The highest BCUT2D eigenvalue weighted by molar-refractivity contribution is 5.92. The molecule has 1 N–H and O–H groups in total. The molecule has 0 aliphatic carbocycles. The first-order valence-electron chi connectivity index (χ1n) is 5.78. The maximum atomic E-state index is 12.1. The Morgan fingerprint density at radius 3 is 3.31 bits per heavy atom. The molecule has 3 heterocycles. The molecule has 0 saturated carbocycles. The van der Waals surface area contributed by atoms with Crippen LogP contribution in [0.3, 0.4) is 0 Å². The van der Waals surface area contributed by atoms with Gasteiger partial charge in [0.1, 0.15) is 6.26 Å². The Morgan fingerprint density at radius 1 is 1.56 bits per heavy atom. The van der Waals surface area contributed by atoms with E-state index in [9.17, 15) is 4.79 Å². The summed E-state index contributed by atoms with van der Waals surface area (Å²) in [6.07, 6.45) is 3.60. The number of hydrogen-bond acceptors (Lipinski definition) is 4. The normalized spacial score (nSPS) is 29.1. The molecule has 2 fully saturated rings. The van der Waals surface area contributed by atoms with Crippen LogP contribution in [0.4, 0.5) is 0 Å². The molecule has 16 heavy (non-hydrogen) atoms. The van der Waals surface area contributed by atoms with Crippen molar-refractivity contribution in [1.29, 1.82) is 0 Å². The highest BCUT2D eigenvalue weighted by Gasteiger charge is 2.38. The van der Waals surface area contributed by atoms with Crippen molar-refractivity contribution in [3.8, 4) is 0 Å². The Balaban J connectivity index is 1.78. The van der Waals surface area contributed by atoms with Gasteiger partial charge in [-0.25, -0.2) is 0 Å². The summed E-state index contributed by atoms with van der Waals surface area (Å²) >= 11 is 0. The number of hydrogen-bond donors (Lipinski definition) is 1. The fourth-order valence-corrected chi connectivity index (χ4v) is 2.81. The van der Waals surface area contributed by atoms with E-state index in [4.69, 9.17) is 4.52 Å². The average molecular weight is 221 g/mol. The summed E-state index contributed by atoms with van der Waals surface area (Å²) < 4.78 is 4.72. The van der Waals surface area contributed by atoms with Crippen LogP contribution in [0.2, 0.25) is 0 Å². The second-order valence-electron chi connectivity index (χ2n) is 4.49. The molecule has 2 aliphatic rings. The molecule has 0 radical (unpaired) electrons. The number of nitrogens with zero attached hydrogens (tertiary/aromatic N) is 2. The maximum absolute atomic E-state index is 12.1. The van der Waals surface area contributed by atoms with Crippen molar-refractivity contribution < 1.29 is 9.32 Å². The van der Waals surface area contributed by atoms with Crippen LogP contribution in [0.25, 0.3) is 0 Å². The van der Waals surface area contributed by atoms with Crippen molar-refractivity contribution in [3.05, 3.63) is 18.0 Å². The Kier molecular flexibility index (Phi) is 2.40. The van der Waals surface area contributed by atoms with E-state index < -0.39 is 0 Å². The standard InChI is InChI=1S/C11H15N3O2/c15-11(9-3-6-16-13-9)14-5-2-8-7-12-4-1-10(8)14/h3,6,8,10,12H,1-2,4-5,7H2. The summed E-state index contributed by atoms with van der Waals surface area (Å²) in [7, 11) is 0. The second-order valence-corrected chi connectivity index (χ2v) is 4.49. The molecule has 5 nitrogen and oxygen atoms in total. The maximum Gasteiger partial charge on any atom is 0.276 e. The first kappa shape index (κ1) is 9.84. The number of carbonyl (C=O) groups excluding carboxylic acids is 1. The summed E-state index contributed by atoms with van der Waals surface area (Å²) in [6, 6.07) is 2.03. The lowest BCUT2D eigenvalue weighted by Crippen LogP contribution is -2.45. The Labute approximate surface area is 93.8 Å². The van der Waals surface area contributed by atoms with Crippen LogP contribution in [0, 0.1) is 5.92 Å². The van der Waals surface area contributed by atoms with Gasteiger partial charge in [-0.2, -0.15) is 0 Å². The molecule has 3 rings (SSSR count). The predicted octanol–water partition coefficient (Wildman–Crippen LogP) is 0.499. The molecule has 2 saturated heterocycles. The summed E-state index contributed by atoms with van der Waals surface area (Å²) in [5, 5.41) is 7.09. The Hall–Kier alpha value is -1.36. The monoisotopic (exact) mass is 221 g/mol. The van der Waals surface area contributed by atoms with E-state index in [-0.39, 0.29) is 5.91 Å². The van der Waals surface area contributed by atoms with Crippen LogP contribution in [-0.4, -0.2) is 41.6 Å². The number of nitrogens with one attached hydrogen (secondary N) is 1. The van der Waals surface area contributed by atoms with Crippen molar-refractivity contribution in [1.82, 2.24) is 15.4 Å². The van der Waals surface area contributed by atoms with Crippen molar-refractivity contribution in [2.24, 2.45) is 5.92 Å². The van der Waals surface area contributed by atoms with E-state index in [1.165, 1.54) is 6.26 Å². The third-order valence-corrected chi connectivity index (χ3v) is 3.63. The fourth-order valence-electron chi connectivity index (χ4n) is 2.81. The van der Waals surface area contributed by atoms with Crippen molar-refractivity contribution in [3.63, 3.8) is 0 Å². The minimum absolute atomic E-state index is 0.0168. The van der Waals surface area contributed by atoms with Crippen LogP contribution in [-0.2, 0) is 0 Å². The van der Waals surface area contributed by atoms with Gasteiger partial charge in [0.25, 0.3) is 5.91 Å².